The molecule has 0 saturated carbocycles. The van der Waals surface area contributed by atoms with Gasteiger partial charge in [-0.3, -0.25) is 14.5 Å². The predicted molar refractivity (Wildman–Crippen MR) is 51.4 cm³/mol. The molecular weight excluding hydrogens is 180 g/mol. The number of carbonyl (C=O) groups excluding carboxylic acids is 2. The molecule has 0 bridgehead atoms. The number of nitrogens with one attached hydrogen (secondary N) is 1. The summed E-state index contributed by atoms with van der Waals surface area (Å²) in [5.74, 6) is 0.139. The Hall–Kier alpha value is -0.900. The second kappa shape index (κ2) is 3.05. The fraction of sp³-hybridized carbons (Fsp3) is 0.800. The van der Waals surface area contributed by atoms with Crippen molar-refractivity contribution in [1.82, 2.24) is 10.2 Å². The van der Waals surface area contributed by atoms with E-state index >= 15 is 0 Å². The molecule has 0 aromatic heterocycles. The summed E-state index contributed by atoms with van der Waals surface area (Å²) < 4.78 is 0. The molecule has 4 heteroatoms. The molecule has 0 unspecified atom stereocenters. The van der Waals surface area contributed by atoms with E-state index in [1.807, 2.05) is 0 Å². The Morgan fingerprint density at radius 1 is 1.36 bits per heavy atom. The summed E-state index contributed by atoms with van der Waals surface area (Å²) in [6.07, 6.45) is 0. The lowest BCUT2D eigenvalue weighted by molar-refractivity contribution is -0.138. The molecule has 2 fully saturated rings. The summed E-state index contributed by atoms with van der Waals surface area (Å²) in [6, 6.07) is 0.168. The van der Waals surface area contributed by atoms with Gasteiger partial charge in [0.15, 0.2) is 0 Å². The highest BCUT2D eigenvalue weighted by atomic mass is 16.2. The lowest BCUT2D eigenvalue weighted by Gasteiger charge is -2.20. The van der Waals surface area contributed by atoms with Crippen molar-refractivity contribution in [1.29, 1.82) is 0 Å². The normalized spacial score (nSPS) is 37.1. The Kier molecular flexibility index (Phi) is 2.10. The average Bonchev–Trinajstić information content (AvgIpc) is 2.64. The van der Waals surface area contributed by atoms with Crippen LogP contribution >= 0.6 is 0 Å². The number of carbonyl (C=O) groups is 2. The Morgan fingerprint density at radius 2 is 2.00 bits per heavy atom. The second-order valence-electron chi connectivity index (χ2n) is 4.55. The van der Waals surface area contributed by atoms with E-state index in [0.29, 0.717) is 12.5 Å². The highest BCUT2D eigenvalue weighted by Gasteiger charge is 2.53. The van der Waals surface area contributed by atoms with Crippen molar-refractivity contribution >= 4 is 11.8 Å². The maximum Gasteiger partial charge on any atom is 0.234 e. The molecule has 0 spiro atoms. The maximum absolute atomic E-state index is 11.8. The van der Waals surface area contributed by atoms with Crippen molar-refractivity contribution in [3.05, 3.63) is 0 Å². The van der Waals surface area contributed by atoms with Gasteiger partial charge < -0.3 is 5.32 Å². The zero-order chi connectivity index (χ0) is 10.5. The summed E-state index contributed by atoms with van der Waals surface area (Å²) in [5.41, 5.74) is 0. The van der Waals surface area contributed by atoms with E-state index in [1.165, 1.54) is 4.90 Å². The van der Waals surface area contributed by atoms with Gasteiger partial charge in [-0.25, -0.2) is 0 Å². The molecule has 2 saturated heterocycles. The van der Waals surface area contributed by atoms with Crippen LogP contribution in [0.3, 0.4) is 0 Å². The first-order chi connectivity index (χ1) is 6.54. The van der Waals surface area contributed by atoms with Gasteiger partial charge in [-0.15, -0.1) is 0 Å². The number of hydrogen-bond acceptors (Lipinski definition) is 3. The van der Waals surface area contributed by atoms with Crippen LogP contribution in [-0.4, -0.2) is 36.3 Å². The van der Waals surface area contributed by atoms with E-state index in [2.05, 4.69) is 19.2 Å². The molecule has 2 aliphatic heterocycles. The third kappa shape index (κ3) is 1.10. The molecule has 1 N–H and O–H groups in total. The lowest BCUT2D eigenvalue weighted by Crippen LogP contribution is -2.39. The molecule has 2 heterocycles. The van der Waals surface area contributed by atoms with E-state index in [0.717, 1.165) is 0 Å². The van der Waals surface area contributed by atoms with Gasteiger partial charge in [0.1, 0.15) is 0 Å². The van der Waals surface area contributed by atoms with Crippen molar-refractivity contribution in [2.75, 3.05) is 13.6 Å². The smallest absolute Gasteiger partial charge is 0.234 e. The minimum absolute atomic E-state index is 0.0105. The molecule has 4 nitrogen and oxygen atoms in total. The molecule has 0 aromatic rings. The molecule has 0 aromatic carbocycles. The molecule has 2 amide bonds. The van der Waals surface area contributed by atoms with Crippen LogP contribution in [0.4, 0.5) is 0 Å². The second-order valence-corrected chi connectivity index (χ2v) is 4.55. The number of amides is 2. The first kappa shape index (κ1) is 9.65. The molecule has 2 aliphatic rings. The predicted octanol–water partition coefficient (Wildman–Crippen LogP) is -0.155. The number of rotatable bonds is 1. The number of likely N-dealkylation sites (tertiary alicyclic amines) is 1. The molecular formula is C10H16N2O2. The van der Waals surface area contributed by atoms with Crippen molar-refractivity contribution < 1.29 is 9.59 Å². The Labute approximate surface area is 83.6 Å². The standard InChI is InChI=1S/C10H16N2O2/c1-5(2)8-7-6(4-11-8)9(13)12(3)10(7)14/h5-8,11H,4H2,1-3H3/t6-,7-,8-/m0/s1. The first-order valence-electron chi connectivity index (χ1n) is 5.09. The van der Waals surface area contributed by atoms with Crippen molar-refractivity contribution in [3.8, 4) is 0 Å². The Morgan fingerprint density at radius 3 is 2.57 bits per heavy atom. The fourth-order valence-corrected chi connectivity index (χ4v) is 2.57. The number of fused-ring (bicyclic) bond motifs is 1. The summed E-state index contributed by atoms with van der Waals surface area (Å²) in [7, 11) is 1.58. The van der Waals surface area contributed by atoms with Crippen LogP contribution in [0.1, 0.15) is 13.8 Å². The van der Waals surface area contributed by atoms with Crippen molar-refractivity contribution in [2.24, 2.45) is 17.8 Å². The van der Waals surface area contributed by atoms with Crippen molar-refractivity contribution in [3.63, 3.8) is 0 Å². The van der Waals surface area contributed by atoms with E-state index in [4.69, 9.17) is 0 Å². The Bertz CT molecular complexity index is 288. The highest BCUT2D eigenvalue weighted by molar-refractivity contribution is 6.05. The van der Waals surface area contributed by atoms with Gasteiger partial charge in [-0.2, -0.15) is 0 Å². The summed E-state index contributed by atoms with van der Waals surface area (Å²) in [6.45, 7) is 4.81. The van der Waals surface area contributed by atoms with E-state index < -0.39 is 0 Å². The Balaban J connectivity index is 2.27. The summed E-state index contributed by atoms with van der Waals surface area (Å²) in [4.78, 5) is 24.7. The molecule has 0 radical (unpaired) electrons. The third-order valence-electron chi connectivity index (χ3n) is 3.38. The van der Waals surface area contributed by atoms with Crippen LogP contribution in [-0.2, 0) is 9.59 Å². The lowest BCUT2D eigenvalue weighted by atomic mass is 9.87. The summed E-state index contributed by atoms with van der Waals surface area (Å²) in [5, 5.41) is 3.27. The topological polar surface area (TPSA) is 49.4 Å². The molecule has 3 atom stereocenters. The maximum atomic E-state index is 11.8. The first-order valence-corrected chi connectivity index (χ1v) is 5.09. The molecule has 14 heavy (non-hydrogen) atoms. The number of imide groups is 1. The average molecular weight is 196 g/mol. The van der Waals surface area contributed by atoms with Gasteiger partial charge >= 0.3 is 0 Å². The summed E-state index contributed by atoms with van der Waals surface area (Å²) >= 11 is 0. The van der Waals surface area contributed by atoms with Gasteiger partial charge in [-0.1, -0.05) is 13.8 Å². The zero-order valence-electron chi connectivity index (χ0n) is 8.78. The fourth-order valence-electron chi connectivity index (χ4n) is 2.57. The van der Waals surface area contributed by atoms with Gasteiger partial charge in [0.2, 0.25) is 11.8 Å². The van der Waals surface area contributed by atoms with Crippen molar-refractivity contribution in [2.45, 2.75) is 19.9 Å². The highest BCUT2D eigenvalue weighted by Crippen LogP contribution is 2.34. The van der Waals surface area contributed by atoms with Crippen LogP contribution in [0, 0.1) is 17.8 Å². The molecule has 78 valence electrons. The van der Waals surface area contributed by atoms with Gasteiger partial charge in [0, 0.05) is 19.6 Å². The third-order valence-corrected chi connectivity index (χ3v) is 3.38. The van der Waals surface area contributed by atoms with E-state index in [-0.39, 0.29) is 29.7 Å². The van der Waals surface area contributed by atoms with Gasteiger partial charge in [-0.05, 0) is 5.92 Å². The molecule has 0 aliphatic carbocycles. The van der Waals surface area contributed by atoms with Crippen LogP contribution in [0.15, 0.2) is 0 Å². The van der Waals surface area contributed by atoms with Crippen LogP contribution in [0.5, 0.6) is 0 Å². The van der Waals surface area contributed by atoms with E-state index in [9.17, 15) is 9.59 Å². The largest absolute Gasteiger partial charge is 0.312 e. The van der Waals surface area contributed by atoms with Gasteiger partial charge in [0.25, 0.3) is 0 Å². The zero-order valence-corrected chi connectivity index (χ0v) is 8.78. The van der Waals surface area contributed by atoms with Gasteiger partial charge in [0.05, 0.1) is 11.8 Å². The number of hydrogen-bond donors (Lipinski definition) is 1. The minimum atomic E-state index is -0.118. The van der Waals surface area contributed by atoms with Crippen LogP contribution < -0.4 is 5.32 Å². The van der Waals surface area contributed by atoms with Crippen LogP contribution in [0.2, 0.25) is 0 Å². The number of nitrogens with zero attached hydrogens (tertiary/aromatic N) is 1. The monoisotopic (exact) mass is 196 g/mol. The SMILES string of the molecule is CC(C)[C@@H]1NC[C@@H]2C(=O)N(C)C(=O)[C@@H]21. The minimum Gasteiger partial charge on any atom is -0.312 e. The van der Waals surface area contributed by atoms with Crippen LogP contribution in [0.25, 0.3) is 0 Å². The molecule has 2 rings (SSSR count). The quantitative estimate of drug-likeness (QED) is 0.593. The van der Waals surface area contributed by atoms with E-state index in [1.54, 1.807) is 7.05 Å².